The van der Waals surface area contributed by atoms with E-state index in [2.05, 4.69) is 24.3 Å². The Morgan fingerprint density at radius 3 is 3.18 bits per heavy atom. The highest BCUT2D eigenvalue weighted by Crippen LogP contribution is 2.20. The summed E-state index contributed by atoms with van der Waals surface area (Å²) in [6.07, 6.45) is 3.27. The summed E-state index contributed by atoms with van der Waals surface area (Å²) in [6, 6.07) is 0. The van der Waals surface area contributed by atoms with Crippen LogP contribution in [0.4, 0.5) is 5.95 Å². The number of nitrogen functional groups attached to an aromatic ring is 1. The number of nitrogens with one attached hydrogen (secondary N) is 1. The molecule has 3 heterocycles. The molecular formula is C9H8N6OS. The van der Waals surface area contributed by atoms with Gasteiger partial charge in [0.2, 0.25) is 11.8 Å². The summed E-state index contributed by atoms with van der Waals surface area (Å²) in [7, 11) is 0. The topological polar surface area (TPSA) is 103 Å². The number of imidazole rings is 1. The second-order valence-corrected chi connectivity index (χ2v) is 3.97. The van der Waals surface area contributed by atoms with Crippen LogP contribution in [0.5, 0.6) is 5.88 Å². The quantitative estimate of drug-likeness (QED) is 0.716. The molecule has 0 fully saturated rings. The first-order valence-electron chi connectivity index (χ1n) is 4.80. The van der Waals surface area contributed by atoms with E-state index in [1.54, 1.807) is 6.20 Å². The van der Waals surface area contributed by atoms with Crippen molar-refractivity contribution in [3.63, 3.8) is 0 Å². The molecule has 0 spiro atoms. The van der Waals surface area contributed by atoms with Crippen molar-refractivity contribution in [2.45, 2.75) is 6.61 Å². The van der Waals surface area contributed by atoms with Gasteiger partial charge in [0.15, 0.2) is 5.65 Å². The van der Waals surface area contributed by atoms with E-state index in [9.17, 15) is 0 Å². The first kappa shape index (κ1) is 9.97. The standard InChI is InChI=1S/C9H8N6OS/c10-9-14-7-6(11-4-12-7)8(15-9)16-2-5-1-13-17-3-5/h1,3-4H,2H2,(H3,10,11,12,14,15). The Balaban J connectivity index is 1.91. The van der Waals surface area contributed by atoms with Crippen LogP contribution < -0.4 is 10.5 Å². The van der Waals surface area contributed by atoms with Crippen molar-refractivity contribution in [3.05, 3.63) is 23.5 Å². The minimum atomic E-state index is 0.142. The minimum absolute atomic E-state index is 0.142. The summed E-state index contributed by atoms with van der Waals surface area (Å²) in [5.74, 6) is 0.541. The van der Waals surface area contributed by atoms with Gasteiger partial charge in [-0.1, -0.05) is 0 Å². The number of ether oxygens (including phenoxy) is 1. The van der Waals surface area contributed by atoms with Crippen LogP contribution in [-0.4, -0.2) is 24.3 Å². The molecule has 3 N–H and O–H groups in total. The summed E-state index contributed by atoms with van der Waals surface area (Å²) in [6.45, 7) is 0.390. The molecule has 0 unspecified atom stereocenters. The number of hydrogen-bond donors (Lipinski definition) is 2. The van der Waals surface area contributed by atoms with Gasteiger partial charge in [-0.3, -0.25) is 0 Å². The van der Waals surface area contributed by atoms with Crippen molar-refractivity contribution in [1.29, 1.82) is 0 Å². The maximum atomic E-state index is 5.57. The van der Waals surface area contributed by atoms with E-state index in [0.717, 1.165) is 5.56 Å². The molecular weight excluding hydrogens is 240 g/mol. The van der Waals surface area contributed by atoms with Crippen LogP contribution in [0.15, 0.2) is 17.9 Å². The van der Waals surface area contributed by atoms with E-state index in [4.69, 9.17) is 10.5 Å². The van der Waals surface area contributed by atoms with Crippen molar-refractivity contribution in [3.8, 4) is 5.88 Å². The van der Waals surface area contributed by atoms with E-state index >= 15 is 0 Å². The molecule has 0 aliphatic heterocycles. The Kier molecular flexibility index (Phi) is 2.33. The SMILES string of the molecule is Nc1nc(OCc2cnsc2)c2[nH]cnc2n1. The molecule has 8 heteroatoms. The van der Waals surface area contributed by atoms with Gasteiger partial charge in [0.05, 0.1) is 6.33 Å². The average molecular weight is 248 g/mol. The van der Waals surface area contributed by atoms with Crippen molar-refractivity contribution >= 4 is 28.6 Å². The first-order chi connectivity index (χ1) is 8.33. The zero-order valence-corrected chi connectivity index (χ0v) is 9.44. The molecule has 0 saturated carbocycles. The number of nitrogens with two attached hydrogens (primary N) is 1. The molecule has 0 saturated heterocycles. The van der Waals surface area contributed by atoms with Crippen molar-refractivity contribution in [2.24, 2.45) is 0 Å². The van der Waals surface area contributed by atoms with E-state index < -0.39 is 0 Å². The Hall–Kier alpha value is -2.22. The molecule has 0 bridgehead atoms. The lowest BCUT2D eigenvalue weighted by Crippen LogP contribution is -2.01. The molecule has 0 aromatic carbocycles. The second kappa shape index (κ2) is 3.98. The number of H-pyrrole nitrogens is 1. The lowest BCUT2D eigenvalue weighted by Gasteiger charge is -2.04. The number of aromatic nitrogens is 5. The monoisotopic (exact) mass is 248 g/mol. The molecule has 3 aromatic heterocycles. The van der Waals surface area contributed by atoms with Crippen LogP contribution in [0.3, 0.4) is 0 Å². The maximum absolute atomic E-state index is 5.57. The molecule has 0 amide bonds. The van der Waals surface area contributed by atoms with Crippen molar-refractivity contribution in [1.82, 2.24) is 24.3 Å². The molecule has 86 valence electrons. The molecule has 3 rings (SSSR count). The van der Waals surface area contributed by atoms with Gasteiger partial charge in [0.25, 0.3) is 0 Å². The van der Waals surface area contributed by atoms with Gasteiger partial charge < -0.3 is 15.5 Å². The highest BCUT2D eigenvalue weighted by atomic mass is 32.1. The van der Waals surface area contributed by atoms with E-state index in [0.29, 0.717) is 23.7 Å². The zero-order chi connectivity index (χ0) is 11.7. The predicted molar refractivity (Wildman–Crippen MR) is 62.5 cm³/mol. The third-order valence-corrected chi connectivity index (χ3v) is 2.76. The third kappa shape index (κ3) is 1.89. The number of anilines is 1. The lowest BCUT2D eigenvalue weighted by molar-refractivity contribution is 0.298. The number of rotatable bonds is 3. The van der Waals surface area contributed by atoms with Gasteiger partial charge in [-0.2, -0.15) is 9.97 Å². The van der Waals surface area contributed by atoms with Crippen LogP contribution in [0.1, 0.15) is 5.56 Å². The predicted octanol–water partition coefficient (Wildman–Crippen LogP) is 0.971. The summed E-state index contributed by atoms with van der Waals surface area (Å²) in [4.78, 5) is 14.9. The van der Waals surface area contributed by atoms with Crippen LogP contribution >= 0.6 is 11.5 Å². The smallest absolute Gasteiger partial charge is 0.245 e. The molecule has 0 aliphatic rings. The van der Waals surface area contributed by atoms with E-state index in [-0.39, 0.29) is 5.95 Å². The number of nitrogens with zero attached hydrogens (tertiary/aromatic N) is 4. The fraction of sp³-hybridized carbons (Fsp3) is 0.111. The van der Waals surface area contributed by atoms with Crippen molar-refractivity contribution < 1.29 is 4.74 Å². The fourth-order valence-corrected chi connectivity index (χ4v) is 1.90. The van der Waals surface area contributed by atoms with Gasteiger partial charge in [0, 0.05) is 17.1 Å². The van der Waals surface area contributed by atoms with E-state index in [1.807, 2.05) is 5.38 Å². The number of hydrogen-bond acceptors (Lipinski definition) is 7. The van der Waals surface area contributed by atoms with Gasteiger partial charge in [-0.15, -0.1) is 0 Å². The highest BCUT2D eigenvalue weighted by molar-refractivity contribution is 7.03. The van der Waals surface area contributed by atoms with Crippen LogP contribution in [0.2, 0.25) is 0 Å². The second-order valence-electron chi connectivity index (χ2n) is 3.31. The summed E-state index contributed by atoms with van der Waals surface area (Å²) >= 11 is 1.38. The van der Waals surface area contributed by atoms with Gasteiger partial charge in [-0.25, -0.2) is 9.36 Å². The Bertz CT molecular complexity index is 634. The zero-order valence-electron chi connectivity index (χ0n) is 8.62. The molecule has 3 aromatic rings. The Labute approximate surface area is 99.9 Å². The summed E-state index contributed by atoms with van der Waals surface area (Å²) in [5, 5.41) is 1.91. The normalized spacial score (nSPS) is 10.8. The largest absolute Gasteiger partial charge is 0.471 e. The lowest BCUT2D eigenvalue weighted by atomic mass is 10.4. The fourth-order valence-electron chi connectivity index (χ4n) is 1.38. The van der Waals surface area contributed by atoms with Crippen LogP contribution in [0, 0.1) is 0 Å². The molecule has 0 radical (unpaired) electrons. The van der Waals surface area contributed by atoms with Crippen LogP contribution in [-0.2, 0) is 6.61 Å². The Morgan fingerprint density at radius 1 is 1.41 bits per heavy atom. The van der Waals surface area contributed by atoms with Crippen molar-refractivity contribution in [2.75, 3.05) is 5.73 Å². The van der Waals surface area contributed by atoms with Crippen LogP contribution in [0.25, 0.3) is 11.2 Å². The average Bonchev–Trinajstić information content (AvgIpc) is 2.95. The Morgan fingerprint density at radius 2 is 2.35 bits per heavy atom. The molecule has 17 heavy (non-hydrogen) atoms. The van der Waals surface area contributed by atoms with Gasteiger partial charge >= 0.3 is 0 Å². The van der Waals surface area contributed by atoms with E-state index in [1.165, 1.54) is 17.9 Å². The highest BCUT2D eigenvalue weighted by Gasteiger charge is 2.09. The van der Waals surface area contributed by atoms with Gasteiger partial charge in [-0.05, 0) is 11.5 Å². The molecule has 7 nitrogen and oxygen atoms in total. The summed E-state index contributed by atoms with van der Waals surface area (Å²) < 4.78 is 9.56. The third-order valence-electron chi connectivity index (χ3n) is 2.13. The maximum Gasteiger partial charge on any atom is 0.245 e. The minimum Gasteiger partial charge on any atom is -0.471 e. The summed E-state index contributed by atoms with van der Waals surface area (Å²) in [5.41, 5.74) is 7.69. The molecule has 0 aliphatic carbocycles. The first-order valence-corrected chi connectivity index (χ1v) is 5.64. The van der Waals surface area contributed by atoms with Gasteiger partial charge in [0.1, 0.15) is 12.1 Å². The number of fused-ring (bicyclic) bond motifs is 1. The molecule has 0 atom stereocenters. The number of aromatic amines is 1.